The van der Waals surface area contributed by atoms with Crippen LogP contribution in [0.15, 0.2) is 17.3 Å². The van der Waals surface area contributed by atoms with Gasteiger partial charge in [-0.05, 0) is 13.8 Å². The summed E-state index contributed by atoms with van der Waals surface area (Å²) in [5, 5.41) is 7.38. The normalized spacial score (nSPS) is 15.2. The maximum atomic E-state index is 10.6. The molecule has 0 atom stereocenters. The average Bonchev–Trinajstić information content (AvgIpc) is 2.42. The molecule has 4 heteroatoms. The molecular weight excluding hydrogens is 166 g/mol. The van der Waals surface area contributed by atoms with Crippen molar-refractivity contribution in [2.45, 2.75) is 20.4 Å². The van der Waals surface area contributed by atoms with Crippen molar-refractivity contribution in [2.75, 3.05) is 5.32 Å². The summed E-state index contributed by atoms with van der Waals surface area (Å²) in [6, 6.07) is 1.96. The Hall–Kier alpha value is -1.58. The van der Waals surface area contributed by atoms with E-state index in [1.54, 1.807) is 4.68 Å². The van der Waals surface area contributed by atoms with Gasteiger partial charge in [-0.1, -0.05) is 0 Å². The van der Waals surface area contributed by atoms with Crippen LogP contribution < -0.4 is 5.32 Å². The quantitative estimate of drug-likeness (QED) is 0.653. The first kappa shape index (κ1) is 8.04. The molecule has 0 spiro atoms. The fraction of sp³-hybridized carbons (Fsp3) is 0.333. The third-order valence-corrected chi connectivity index (χ3v) is 2.16. The zero-order valence-corrected chi connectivity index (χ0v) is 7.66. The average molecular weight is 177 g/mol. The highest BCUT2D eigenvalue weighted by atomic mass is 16.1. The molecule has 1 aromatic heterocycles. The first-order chi connectivity index (χ1) is 6.20. The number of aldehydes is 1. The van der Waals surface area contributed by atoms with Crippen molar-refractivity contribution in [2.24, 2.45) is 0 Å². The van der Waals surface area contributed by atoms with Gasteiger partial charge in [0.05, 0.1) is 12.2 Å². The highest BCUT2D eigenvalue weighted by Gasteiger charge is 2.14. The van der Waals surface area contributed by atoms with Crippen LogP contribution in [0.25, 0.3) is 0 Å². The summed E-state index contributed by atoms with van der Waals surface area (Å²) >= 11 is 0. The van der Waals surface area contributed by atoms with Crippen LogP contribution in [-0.4, -0.2) is 16.1 Å². The van der Waals surface area contributed by atoms with Crippen molar-refractivity contribution >= 4 is 12.1 Å². The number of rotatable bonds is 1. The van der Waals surface area contributed by atoms with Crippen LogP contribution in [0, 0.1) is 6.92 Å². The Morgan fingerprint density at radius 1 is 1.62 bits per heavy atom. The number of hydrogen-bond donors (Lipinski definition) is 1. The molecule has 1 aromatic rings. The SMILES string of the molecule is CC1=C(C=O)Cn2nc(C)cc2N1. The van der Waals surface area contributed by atoms with Crippen molar-refractivity contribution in [1.82, 2.24) is 9.78 Å². The van der Waals surface area contributed by atoms with Crippen molar-refractivity contribution in [1.29, 1.82) is 0 Å². The largest absolute Gasteiger partial charge is 0.344 e. The van der Waals surface area contributed by atoms with E-state index in [0.717, 1.165) is 29.1 Å². The molecule has 2 rings (SSSR count). The van der Waals surface area contributed by atoms with Crippen LogP contribution in [0.5, 0.6) is 0 Å². The van der Waals surface area contributed by atoms with Crippen molar-refractivity contribution in [3.05, 3.63) is 23.0 Å². The number of fused-ring (bicyclic) bond motifs is 1. The number of anilines is 1. The molecule has 0 bridgehead atoms. The molecule has 13 heavy (non-hydrogen) atoms. The Balaban J connectivity index is 2.40. The van der Waals surface area contributed by atoms with Crippen LogP contribution in [0.1, 0.15) is 12.6 Å². The van der Waals surface area contributed by atoms with E-state index in [4.69, 9.17) is 0 Å². The lowest BCUT2D eigenvalue weighted by molar-refractivity contribution is -0.105. The number of nitrogens with zero attached hydrogens (tertiary/aromatic N) is 2. The summed E-state index contributed by atoms with van der Waals surface area (Å²) in [5.41, 5.74) is 2.64. The molecule has 0 radical (unpaired) electrons. The summed E-state index contributed by atoms with van der Waals surface area (Å²) in [7, 11) is 0. The Morgan fingerprint density at radius 2 is 2.38 bits per heavy atom. The van der Waals surface area contributed by atoms with Gasteiger partial charge in [0.2, 0.25) is 0 Å². The minimum Gasteiger partial charge on any atom is -0.344 e. The molecular formula is C9H11N3O. The molecule has 0 saturated heterocycles. The fourth-order valence-corrected chi connectivity index (χ4v) is 1.44. The Labute approximate surface area is 76.2 Å². The second-order valence-corrected chi connectivity index (χ2v) is 3.22. The predicted molar refractivity (Wildman–Crippen MR) is 49.4 cm³/mol. The first-order valence-electron chi connectivity index (χ1n) is 4.17. The third-order valence-electron chi connectivity index (χ3n) is 2.16. The van der Waals surface area contributed by atoms with Crippen molar-refractivity contribution in [3.63, 3.8) is 0 Å². The summed E-state index contributed by atoms with van der Waals surface area (Å²) in [6.07, 6.45) is 0.877. The van der Waals surface area contributed by atoms with Gasteiger partial charge >= 0.3 is 0 Å². The van der Waals surface area contributed by atoms with E-state index in [0.29, 0.717) is 6.54 Å². The Kier molecular flexibility index (Phi) is 1.69. The lowest BCUT2D eigenvalue weighted by Gasteiger charge is -2.17. The van der Waals surface area contributed by atoms with Gasteiger partial charge in [-0.15, -0.1) is 0 Å². The second-order valence-electron chi connectivity index (χ2n) is 3.22. The van der Waals surface area contributed by atoms with Crippen LogP contribution >= 0.6 is 0 Å². The van der Waals surface area contributed by atoms with Crippen molar-refractivity contribution in [3.8, 4) is 0 Å². The highest BCUT2D eigenvalue weighted by molar-refractivity contribution is 5.76. The molecule has 0 saturated carbocycles. The summed E-state index contributed by atoms with van der Waals surface area (Å²) in [5.74, 6) is 0.959. The number of carbonyl (C=O) groups excluding carboxylic acids is 1. The summed E-state index contributed by atoms with van der Waals surface area (Å²) < 4.78 is 1.80. The highest BCUT2D eigenvalue weighted by Crippen LogP contribution is 2.20. The standard InChI is InChI=1S/C9H11N3O/c1-6-3-9-10-7(2)8(5-13)4-12(9)11-6/h3,5,10H,4H2,1-2H3. The van der Waals surface area contributed by atoms with Gasteiger partial charge in [0.1, 0.15) is 12.1 Å². The number of aryl methyl sites for hydroxylation is 1. The van der Waals surface area contributed by atoms with Gasteiger partial charge in [-0.3, -0.25) is 4.79 Å². The zero-order valence-electron chi connectivity index (χ0n) is 7.66. The van der Waals surface area contributed by atoms with Crippen molar-refractivity contribution < 1.29 is 4.79 Å². The van der Waals surface area contributed by atoms with Gasteiger partial charge in [0, 0.05) is 17.3 Å². The number of carbonyl (C=O) groups is 1. The lowest BCUT2D eigenvalue weighted by atomic mass is 10.2. The minimum absolute atomic E-state index is 0.575. The summed E-state index contributed by atoms with van der Waals surface area (Å²) in [4.78, 5) is 10.6. The predicted octanol–water partition coefficient (Wildman–Crippen LogP) is 1.09. The molecule has 1 aliphatic rings. The van der Waals surface area contributed by atoms with Gasteiger partial charge in [-0.25, -0.2) is 4.68 Å². The first-order valence-corrected chi connectivity index (χ1v) is 4.17. The maximum Gasteiger partial charge on any atom is 0.149 e. The van der Waals surface area contributed by atoms with Crippen LogP contribution in [-0.2, 0) is 11.3 Å². The van der Waals surface area contributed by atoms with E-state index in [-0.39, 0.29) is 0 Å². The molecule has 0 fully saturated rings. The van der Waals surface area contributed by atoms with Crippen LogP contribution in [0.2, 0.25) is 0 Å². The van der Waals surface area contributed by atoms with E-state index < -0.39 is 0 Å². The van der Waals surface area contributed by atoms with Gasteiger partial charge in [0.25, 0.3) is 0 Å². The number of nitrogens with one attached hydrogen (secondary N) is 1. The minimum atomic E-state index is 0.575. The van der Waals surface area contributed by atoms with Gasteiger partial charge < -0.3 is 5.32 Å². The number of allylic oxidation sites excluding steroid dienone is 2. The van der Waals surface area contributed by atoms with E-state index in [1.807, 2.05) is 19.9 Å². The maximum absolute atomic E-state index is 10.6. The number of hydrogen-bond acceptors (Lipinski definition) is 3. The molecule has 1 aliphatic heterocycles. The van der Waals surface area contributed by atoms with E-state index in [9.17, 15) is 4.79 Å². The summed E-state index contributed by atoms with van der Waals surface area (Å²) in [6.45, 7) is 4.41. The molecule has 0 amide bonds. The molecule has 0 unspecified atom stereocenters. The molecule has 4 nitrogen and oxygen atoms in total. The van der Waals surface area contributed by atoms with Gasteiger partial charge in [0.15, 0.2) is 0 Å². The Bertz CT molecular complexity index is 390. The molecule has 2 heterocycles. The molecule has 1 N–H and O–H groups in total. The van der Waals surface area contributed by atoms with E-state index >= 15 is 0 Å². The van der Waals surface area contributed by atoms with E-state index in [1.165, 1.54) is 0 Å². The van der Waals surface area contributed by atoms with Crippen LogP contribution in [0.3, 0.4) is 0 Å². The van der Waals surface area contributed by atoms with Gasteiger partial charge in [-0.2, -0.15) is 5.10 Å². The lowest BCUT2D eigenvalue weighted by Crippen LogP contribution is -2.17. The molecule has 68 valence electrons. The van der Waals surface area contributed by atoms with E-state index in [2.05, 4.69) is 10.4 Å². The number of aromatic nitrogens is 2. The Morgan fingerprint density at radius 3 is 3.08 bits per heavy atom. The van der Waals surface area contributed by atoms with Crippen LogP contribution in [0.4, 0.5) is 5.82 Å². The molecule has 0 aromatic carbocycles. The third kappa shape index (κ3) is 1.24. The second kappa shape index (κ2) is 2.73. The smallest absolute Gasteiger partial charge is 0.149 e. The fourth-order valence-electron chi connectivity index (χ4n) is 1.44. The topological polar surface area (TPSA) is 46.9 Å². The zero-order chi connectivity index (χ0) is 9.42. The monoisotopic (exact) mass is 177 g/mol. The molecule has 0 aliphatic carbocycles.